The van der Waals surface area contributed by atoms with Crippen LogP contribution < -0.4 is 4.90 Å². The Morgan fingerprint density at radius 1 is 0.974 bits per heavy atom. The molecule has 11 heteroatoms. The van der Waals surface area contributed by atoms with Gasteiger partial charge in [0.1, 0.15) is 11.6 Å². The fourth-order valence-corrected chi connectivity index (χ4v) is 7.77. The summed E-state index contributed by atoms with van der Waals surface area (Å²) in [6, 6.07) is 9.00. The molecule has 6 atom stereocenters. The van der Waals surface area contributed by atoms with Gasteiger partial charge in [0.05, 0.1) is 17.5 Å². The quantitative estimate of drug-likeness (QED) is 0.325. The van der Waals surface area contributed by atoms with E-state index >= 15 is 0 Å². The summed E-state index contributed by atoms with van der Waals surface area (Å²) in [6.45, 7) is 0. The first-order chi connectivity index (χ1) is 17.9. The first-order valence-corrected chi connectivity index (χ1v) is 13.1. The average molecular weight is 578 g/mol. The zero-order chi connectivity index (χ0) is 27.3. The highest BCUT2D eigenvalue weighted by Crippen LogP contribution is 2.66. The SMILES string of the molecule is CN1C(=O)[C@H]2[C@H](CC=C3[C@H]2C[C@@]2(Cl)C(=O)N(c4ccc(F)cc4)C(=O)[C@@]2(Cl)[C@H]3c2cc(Cl)ccc2O)C1=O. The summed E-state index contributed by atoms with van der Waals surface area (Å²) in [5.74, 6) is -6.52. The molecule has 38 heavy (non-hydrogen) atoms. The number of benzene rings is 2. The molecule has 1 N–H and O–H groups in total. The fraction of sp³-hybridized carbons (Fsp3) is 0.333. The maximum Gasteiger partial charge on any atom is 0.258 e. The molecule has 0 aromatic heterocycles. The third-order valence-electron chi connectivity index (χ3n) is 8.42. The summed E-state index contributed by atoms with van der Waals surface area (Å²) in [6.07, 6.45) is 1.79. The Labute approximate surface area is 231 Å². The summed E-state index contributed by atoms with van der Waals surface area (Å²) in [5.41, 5.74) is 0.777. The molecule has 2 saturated heterocycles. The van der Waals surface area contributed by atoms with Crippen LogP contribution in [0.1, 0.15) is 24.3 Å². The van der Waals surface area contributed by atoms with Crippen molar-refractivity contribution in [1.82, 2.24) is 4.90 Å². The van der Waals surface area contributed by atoms with Crippen molar-refractivity contribution in [3.63, 3.8) is 0 Å². The molecule has 6 rings (SSSR count). The molecule has 2 aromatic rings. The Balaban J connectivity index is 1.60. The van der Waals surface area contributed by atoms with Crippen molar-refractivity contribution in [1.29, 1.82) is 0 Å². The number of carbonyl (C=O) groups excluding carboxylic acids is 4. The molecule has 4 amide bonds. The van der Waals surface area contributed by atoms with E-state index in [0.717, 1.165) is 21.9 Å². The van der Waals surface area contributed by atoms with Crippen LogP contribution in [0.25, 0.3) is 0 Å². The zero-order valence-electron chi connectivity index (χ0n) is 19.8. The molecule has 3 fully saturated rings. The Kier molecular flexibility index (Phi) is 5.52. The van der Waals surface area contributed by atoms with Crippen molar-refractivity contribution < 1.29 is 28.7 Å². The summed E-state index contributed by atoms with van der Waals surface area (Å²) in [5, 5.41) is 11.2. The normalized spacial score (nSPS) is 34.3. The van der Waals surface area contributed by atoms with E-state index in [1.165, 1.54) is 37.4 Å². The van der Waals surface area contributed by atoms with Crippen molar-refractivity contribution in [3.8, 4) is 5.75 Å². The van der Waals surface area contributed by atoms with Gasteiger partial charge in [0.15, 0.2) is 9.75 Å². The molecule has 0 bridgehead atoms. The van der Waals surface area contributed by atoms with Gasteiger partial charge in [0.25, 0.3) is 11.8 Å². The Morgan fingerprint density at radius 3 is 2.34 bits per heavy atom. The number of phenolic OH excluding ortho intramolecular Hbond substituents is 1. The van der Waals surface area contributed by atoms with Crippen LogP contribution in [0.5, 0.6) is 5.75 Å². The number of likely N-dealkylation sites (tertiary alicyclic amines) is 1. The molecule has 0 spiro atoms. The lowest BCUT2D eigenvalue weighted by Gasteiger charge is -2.50. The van der Waals surface area contributed by atoms with E-state index < -0.39 is 57.0 Å². The highest BCUT2D eigenvalue weighted by atomic mass is 35.5. The maximum atomic E-state index is 14.1. The van der Waals surface area contributed by atoms with Crippen molar-refractivity contribution in [2.75, 3.05) is 11.9 Å². The number of allylic oxidation sites excluding steroid dienone is 2. The number of hydrogen-bond acceptors (Lipinski definition) is 5. The van der Waals surface area contributed by atoms with Gasteiger partial charge in [0, 0.05) is 23.6 Å². The second-order valence-corrected chi connectivity index (χ2v) is 11.9. The third kappa shape index (κ3) is 3.08. The summed E-state index contributed by atoms with van der Waals surface area (Å²) in [7, 11) is 1.41. The van der Waals surface area contributed by atoms with E-state index in [2.05, 4.69) is 0 Å². The number of rotatable bonds is 2. The molecular weight excluding hydrogens is 558 g/mol. The number of fused-ring (bicyclic) bond motifs is 4. The predicted molar refractivity (Wildman–Crippen MR) is 137 cm³/mol. The van der Waals surface area contributed by atoms with E-state index in [9.17, 15) is 28.7 Å². The van der Waals surface area contributed by atoms with Gasteiger partial charge in [-0.1, -0.05) is 23.3 Å². The highest BCUT2D eigenvalue weighted by molar-refractivity contribution is 6.58. The molecule has 196 valence electrons. The highest BCUT2D eigenvalue weighted by Gasteiger charge is 2.76. The molecule has 0 unspecified atom stereocenters. The molecule has 0 radical (unpaired) electrons. The van der Waals surface area contributed by atoms with Gasteiger partial charge in [-0.05, 0) is 61.2 Å². The number of hydrogen-bond donors (Lipinski definition) is 1. The minimum Gasteiger partial charge on any atom is -0.508 e. The smallest absolute Gasteiger partial charge is 0.258 e. The van der Waals surface area contributed by atoms with E-state index in [-0.39, 0.29) is 40.8 Å². The Morgan fingerprint density at radius 2 is 1.66 bits per heavy atom. The minimum absolute atomic E-state index is 0.0756. The number of amides is 4. The minimum atomic E-state index is -2.13. The van der Waals surface area contributed by atoms with Crippen LogP contribution in [0.15, 0.2) is 54.1 Å². The van der Waals surface area contributed by atoms with Crippen LogP contribution in [0.4, 0.5) is 10.1 Å². The number of aromatic hydroxyl groups is 1. The fourth-order valence-electron chi connectivity index (χ4n) is 6.66. The Bertz CT molecular complexity index is 1480. The van der Waals surface area contributed by atoms with Crippen LogP contribution in [0, 0.1) is 23.6 Å². The second kappa shape index (κ2) is 8.28. The number of nitrogens with zero attached hydrogens (tertiary/aromatic N) is 2. The first kappa shape index (κ1) is 25.3. The van der Waals surface area contributed by atoms with E-state index in [1.807, 2.05) is 0 Å². The van der Waals surface area contributed by atoms with Gasteiger partial charge < -0.3 is 5.11 Å². The molecule has 2 aliphatic heterocycles. The summed E-state index contributed by atoms with van der Waals surface area (Å²) >= 11 is 20.7. The lowest BCUT2D eigenvalue weighted by Crippen LogP contribution is -2.60. The zero-order valence-corrected chi connectivity index (χ0v) is 22.1. The van der Waals surface area contributed by atoms with Crippen LogP contribution in [0.2, 0.25) is 5.02 Å². The second-order valence-electron chi connectivity index (χ2n) is 10.2. The van der Waals surface area contributed by atoms with Crippen LogP contribution in [-0.2, 0) is 19.2 Å². The van der Waals surface area contributed by atoms with Crippen LogP contribution >= 0.6 is 34.8 Å². The number of carbonyl (C=O) groups is 4. The number of phenols is 1. The molecule has 2 aromatic carbocycles. The van der Waals surface area contributed by atoms with Gasteiger partial charge >= 0.3 is 0 Å². The molecule has 2 aliphatic carbocycles. The van der Waals surface area contributed by atoms with Gasteiger partial charge in [0.2, 0.25) is 11.8 Å². The number of halogens is 4. The number of alkyl halides is 2. The topological polar surface area (TPSA) is 95.0 Å². The largest absolute Gasteiger partial charge is 0.508 e. The molecule has 2 heterocycles. The van der Waals surface area contributed by atoms with Gasteiger partial charge in [-0.2, -0.15) is 0 Å². The van der Waals surface area contributed by atoms with E-state index in [0.29, 0.717) is 5.57 Å². The van der Waals surface area contributed by atoms with Crippen molar-refractivity contribution >= 4 is 64.1 Å². The number of imide groups is 2. The third-order valence-corrected chi connectivity index (χ3v) is 10.1. The molecule has 1 saturated carbocycles. The van der Waals surface area contributed by atoms with Crippen LogP contribution in [0.3, 0.4) is 0 Å². The van der Waals surface area contributed by atoms with Crippen molar-refractivity contribution in [3.05, 3.63) is 70.5 Å². The van der Waals surface area contributed by atoms with Gasteiger partial charge in [-0.25, -0.2) is 9.29 Å². The monoisotopic (exact) mass is 576 g/mol. The van der Waals surface area contributed by atoms with Crippen molar-refractivity contribution in [2.45, 2.75) is 28.5 Å². The predicted octanol–water partition coefficient (Wildman–Crippen LogP) is 4.38. The van der Waals surface area contributed by atoms with Gasteiger partial charge in [-0.15, -0.1) is 23.2 Å². The maximum absolute atomic E-state index is 14.1. The standard InChI is InChI=1S/C27H20Cl3FN2O5/c1-32-22(35)16-8-7-15-18(20(16)23(32)36)11-26(29)24(37)33(14-5-3-13(31)4-6-14)25(38)27(26,30)21(15)17-10-12(28)2-9-19(17)34/h2-7,9-10,16,18,20-21,34H,8,11H2,1H3/t16-,18+,20-,21+,26+,27-/m0/s1. The molecular formula is C27H20Cl3FN2O5. The lowest BCUT2D eigenvalue weighted by atomic mass is 9.56. The van der Waals surface area contributed by atoms with E-state index in [4.69, 9.17) is 34.8 Å². The molecule has 4 aliphatic rings. The average Bonchev–Trinajstić information content (AvgIpc) is 3.19. The molecule has 7 nitrogen and oxygen atoms in total. The van der Waals surface area contributed by atoms with Crippen LogP contribution in [-0.4, -0.2) is 50.4 Å². The van der Waals surface area contributed by atoms with Gasteiger partial charge in [-0.3, -0.25) is 24.1 Å². The van der Waals surface area contributed by atoms with Crippen molar-refractivity contribution in [2.24, 2.45) is 17.8 Å². The Hall–Kier alpha value is -2.94. The summed E-state index contributed by atoms with van der Waals surface area (Å²) in [4.78, 5) is 51.9. The van der Waals surface area contributed by atoms with E-state index in [1.54, 1.807) is 6.08 Å². The lowest BCUT2D eigenvalue weighted by molar-refractivity contribution is -0.138. The summed E-state index contributed by atoms with van der Waals surface area (Å²) < 4.78 is 13.7. The number of anilines is 1. The first-order valence-electron chi connectivity index (χ1n) is 11.9.